The molecule has 0 spiro atoms. The van der Waals surface area contributed by atoms with Crippen molar-refractivity contribution >= 4 is 11.8 Å². The van der Waals surface area contributed by atoms with Crippen LogP contribution >= 0.6 is 11.8 Å². The zero-order valence-electron chi connectivity index (χ0n) is 10.4. The Balaban J connectivity index is 1.54. The smallest absolute Gasteiger partial charge is 0.0300 e. The van der Waals surface area contributed by atoms with Crippen LogP contribution in [0.3, 0.4) is 0 Å². The normalized spacial score (nSPS) is 10.4. The number of thioether (sulfide) groups is 1. The minimum atomic E-state index is 1.01. The Bertz CT molecular complexity index is 387. The number of hydrogen-bond donors (Lipinski definition) is 1. The van der Waals surface area contributed by atoms with E-state index in [4.69, 9.17) is 0 Å². The standard InChI is InChI=1S/C15H18N2S/c1-2-6-15(7-3-1)18-12-11-16-10-8-14-5-4-9-17-13-14/h1-7,9,13,16H,8,10-12H2. The minimum absolute atomic E-state index is 1.01. The fraction of sp³-hybridized carbons (Fsp3) is 0.267. The molecule has 0 aliphatic heterocycles. The summed E-state index contributed by atoms with van der Waals surface area (Å²) in [5.41, 5.74) is 1.29. The van der Waals surface area contributed by atoms with Crippen LogP contribution in [0.4, 0.5) is 0 Å². The first-order valence-electron chi connectivity index (χ1n) is 6.22. The lowest BCUT2D eigenvalue weighted by Gasteiger charge is -2.04. The molecule has 1 aromatic carbocycles. The van der Waals surface area contributed by atoms with Crippen LogP contribution < -0.4 is 5.32 Å². The molecule has 0 aliphatic rings. The molecule has 0 atom stereocenters. The van der Waals surface area contributed by atoms with Gasteiger partial charge in [0.1, 0.15) is 0 Å². The fourth-order valence-corrected chi connectivity index (χ4v) is 2.49. The van der Waals surface area contributed by atoms with Crippen LogP contribution in [0.1, 0.15) is 5.56 Å². The molecule has 3 heteroatoms. The molecule has 0 radical (unpaired) electrons. The first-order valence-corrected chi connectivity index (χ1v) is 7.21. The Morgan fingerprint density at radius 3 is 2.67 bits per heavy atom. The molecule has 0 saturated heterocycles. The molecule has 18 heavy (non-hydrogen) atoms. The summed E-state index contributed by atoms with van der Waals surface area (Å²) in [4.78, 5) is 5.45. The van der Waals surface area contributed by atoms with Crippen LogP contribution in [0.5, 0.6) is 0 Å². The van der Waals surface area contributed by atoms with E-state index >= 15 is 0 Å². The third-order valence-corrected chi connectivity index (χ3v) is 3.62. The summed E-state index contributed by atoms with van der Waals surface area (Å²) in [6.45, 7) is 2.06. The van der Waals surface area contributed by atoms with Gasteiger partial charge < -0.3 is 5.32 Å². The SMILES string of the molecule is c1ccc(SCCNCCc2cccnc2)cc1. The third-order valence-electron chi connectivity index (χ3n) is 2.60. The molecule has 0 aliphatic carbocycles. The average molecular weight is 258 g/mol. The van der Waals surface area contributed by atoms with Crippen molar-refractivity contribution in [2.45, 2.75) is 11.3 Å². The molecule has 1 heterocycles. The maximum Gasteiger partial charge on any atom is 0.0300 e. The summed E-state index contributed by atoms with van der Waals surface area (Å²) in [6.07, 6.45) is 4.79. The second-order valence-electron chi connectivity index (χ2n) is 4.02. The van der Waals surface area contributed by atoms with Crippen LogP contribution in [-0.4, -0.2) is 23.8 Å². The summed E-state index contributed by atoms with van der Waals surface area (Å²) < 4.78 is 0. The second kappa shape index (κ2) is 7.90. The van der Waals surface area contributed by atoms with E-state index < -0.39 is 0 Å². The highest BCUT2D eigenvalue weighted by atomic mass is 32.2. The van der Waals surface area contributed by atoms with Crippen molar-refractivity contribution in [2.75, 3.05) is 18.8 Å². The summed E-state index contributed by atoms with van der Waals surface area (Å²) in [7, 11) is 0. The third kappa shape index (κ3) is 4.90. The van der Waals surface area contributed by atoms with E-state index in [0.29, 0.717) is 0 Å². The van der Waals surface area contributed by atoms with Crippen molar-refractivity contribution in [2.24, 2.45) is 0 Å². The summed E-state index contributed by atoms with van der Waals surface area (Å²) in [6, 6.07) is 14.6. The van der Waals surface area contributed by atoms with E-state index in [0.717, 1.165) is 25.3 Å². The molecule has 2 aromatic rings. The van der Waals surface area contributed by atoms with E-state index in [1.807, 2.05) is 30.2 Å². The van der Waals surface area contributed by atoms with E-state index in [2.05, 4.69) is 46.7 Å². The maximum absolute atomic E-state index is 4.11. The lowest BCUT2D eigenvalue weighted by Crippen LogP contribution is -2.20. The zero-order valence-corrected chi connectivity index (χ0v) is 11.2. The van der Waals surface area contributed by atoms with Crippen LogP contribution in [0.2, 0.25) is 0 Å². The Kier molecular flexibility index (Phi) is 5.76. The summed E-state index contributed by atoms with van der Waals surface area (Å²) in [5.74, 6) is 1.11. The van der Waals surface area contributed by atoms with Gasteiger partial charge in [-0.05, 0) is 36.7 Å². The van der Waals surface area contributed by atoms with Crippen LogP contribution in [0.15, 0.2) is 59.8 Å². The van der Waals surface area contributed by atoms with Gasteiger partial charge in [-0.2, -0.15) is 0 Å². The lowest BCUT2D eigenvalue weighted by molar-refractivity contribution is 0.720. The molecular formula is C15H18N2S. The van der Waals surface area contributed by atoms with E-state index in [-0.39, 0.29) is 0 Å². The van der Waals surface area contributed by atoms with Gasteiger partial charge in [0.05, 0.1) is 0 Å². The monoisotopic (exact) mass is 258 g/mol. The molecule has 0 unspecified atom stereocenters. The van der Waals surface area contributed by atoms with Crippen molar-refractivity contribution in [3.63, 3.8) is 0 Å². The number of aromatic nitrogens is 1. The molecular weight excluding hydrogens is 240 g/mol. The minimum Gasteiger partial charge on any atom is -0.316 e. The molecule has 0 fully saturated rings. The maximum atomic E-state index is 4.11. The number of hydrogen-bond acceptors (Lipinski definition) is 3. The number of benzene rings is 1. The number of rotatable bonds is 7. The molecule has 0 saturated carbocycles. The first kappa shape index (κ1) is 13.1. The Labute approximate surface area is 113 Å². The number of pyridine rings is 1. The predicted molar refractivity (Wildman–Crippen MR) is 78.0 cm³/mol. The van der Waals surface area contributed by atoms with Gasteiger partial charge in [0, 0.05) is 29.6 Å². The fourth-order valence-electron chi connectivity index (χ4n) is 1.66. The van der Waals surface area contributed by atoms with Gasteiger partial charge in [-0.25, -0.2) is 0 Å². The van der Waals surface area contributed by atoms with Crippen molar-refractivity contribution in [1.82, 2.24) is 10.3 Å². The summed E-state index contributed by atoms with van der Waals surface area (Å²) in [5, 5.41) is 3.46. The van der Waals surface area contributed by atoms with Crippen molar-refractivity contribution in [1.29, 1.82) is 0 Å². The highest BCUT2D eigenvalue weighted by molar-refractivity contribution is 7.99. The van der Waals surface area contributed by atoms with Crippen LogP contribution in [0.25, 0.3) is 0 Å². The Hall–Kier alpha value is -1.32. The molecule has 94 valence electrons. The van der Waals surface area contributed by atoms with Gasteiger partial charge >= 0.3 is 0 Å². The first-order chi connectivity index (χ1) is 8.95. The van der Waals surface area contributed by atoms with E-state index in [1.165, 1.54) is 10.5 Å². The molecule has 2 nitrogen and oxygen atoms in total. The van der Waals surface area contributed by atoms with Gasteiger partial charge in [-0.3, -0.25) is 4.98 Å². The zero-order chi connectivity index (χ0) is 12.5. The Morgan fingerprint density at radius 2 is 1.89 bits per heavy atom. The van der Waals surface area contributed by atoms with Crippen molar-refractivity contribution < 1.29 is 0 Å². The number of nitrogens with zero attached hydrogens (tertiary/aromatic N) is 1. The molecule has 0 bridgehead atoms. The summed E-state index contributed by atoms with van der Waals surface area (Å²) >= 11 is 1.89. The van der Waals surface area contributed by atoms with Crippen LogP contribution in [0, 0.1) is 0 Å². The van der Waals surface area contributed by atoms with Crippen LogP contribution in [-0.2, 0) is 6.42 Å². The molecule has 2 rings (SSSR count). The highest BCUT2D eigenvalue weighted by Crippen LogP contribution is 2.15. The van der Waals surface area contributed by atoms with Gasteiger partial charge in [-0.15, -0.1) is 11.8 Å². The van der Waals surface area contributed by atoms with Gasteiger partial charge in [0.15, 0.2) is 0 Å². The average Bonchev–Trinajstić information content (AvgIpc) is 2.45. The van der Waals surface area contributed by atoms with Gasteiger partial charge in [-0.1, -0.05) is 24.3 Å². The quantitative estimate of drug-likeness (QED) is 0.610. The topological polar surface area (TPSA) is 24.9 Å². The lowest BCUT2D eigenvalue weighted by atomic mass is 10.2. The number of nitrogens with one attached hydrogen (secondary N) is 1. The van der Waals surface area contributed by atoms with Crippen molar-refractivity contribution in [3.05, 3.63) is 60.4 Å². The van der Waals surface area contributed by atoms with Gasteiger partial charge in [0.25, 0.3) is 0 Å². The highest BCUT2D eigenvalue weighted by Gasteiger charge is 1.94. The molecule has 1 aromatic heterocycles. The largest absolute Gasteiger partial charge is 0.316 e. The van der Waals surface area contributed by atoms with E-state index in [9.17, 15) is 0 Å². The van der Waals surface area contributed by atoms with Crippen molar-refractivity contribution in [3.8, 4) is 0 Å². The van der Waals surface area contributed by atoms with E-state index in [1.54, 1.807) is 0 Å². The predicted octanol–water partition coefficient (Wildman–Crippen LogP) is 3.01. The Morgan fingerprint density at radius 1 is 1.00 bits per heavy atom. The second-order valence-corrected chi connectivity index (χ2v) is 5.19. The molecule has 1 N–H and O–H groups in total. The van der Waals surface area contributed by atoms with Gasteiger partial charge in [0.2, 0.25) is 0 Å². The molecule has 0 amide bonds.